The molecule has 3 aliphatic rings. The minimum Gasteiger partial charge on any atom is -0.480 e. The molecule has 2 aromatic rings. The van der Waals surface area contributed by atoms with E-state index in [-0.39, 0.29) is 17.9 Å². The largest absolute Gasteiger partial charge is 0.480 e. The molecule has 0 saturated heterocycles. The van der Waals surface area contributed by atoms with Crippen molar-refractivity contribution in [2.75, 3.05) is 6.61 Å². The van der Waals surface area contributed by atoms with Crippen molar-refractivity contribution in [2.45, 2.75) is 56.5 Å². The lowest BCUT2D eigenvalue weighted by Crippen LogP contribution is -2.69. The van der Waals surface area contributed by atoms with Gasteiger partial charge in [0, 0.05) is 5.92 Å². The minimum atomic E-state index is -1.23. The molecule has 2 saturated carbocycles. The molecule has 7 heteroatoms. The second-order valence-electron chi connectivity index (χ2n) is 9.78. The van der Waals surface area contributed by atoms with Crippen LogP contribution in [0.1, 0.15) is 56.1 Å². The van der Waals surface area contributed by atoms with Gasteiger partial charge in [-0.3, -0.25) is 4.79 Å². The molecule has 2 fully saturated rings. The van der Waals surface area contributed by atoms with Crippen LogP contribution in [0.3, 0.4) is 0 Å². The first-order valence-electron chi connectivity index (χ1n) is 11.5. The first-order chi connectivity index (χ1) is 15.8. The Kier molecular flexibility index (Phi) is 5.15. The third-order valence-corrected chi connectivity index (χ3v) is 7.61. The van der Waals surface area contributed by atoms with E-state index in [2.05, 4.69) is 22.8 Å². The smallest absolute Gasteiger partial charge is 0.407 e. The molecule has 0 aromatic heterocycles. The summed E-state index contributed by atoms with van der Waals surface area (Å²) in [5.74, 6) is -1.60. The summed E-state index contributed by atoms with van der Waals surface area (Å²) in [6.07, 6.45) is 3.37. The maximum absolute atomic E-state index is 12.7. The summed E-state index contributed by atoms with van der Waals surface area (Å²) in [6.45, 7) is 1.68. The lowest BCUT2D eigenvalue weighted by atomic mass is 9.48. The fourth-order valence-electron chi connectivity index (χ4n) is 5.78. The molecule has 0 radical (unpaired) electrons. The molecule has 3 N–H and O–H groups in total. The summed E-state index contributed by atoms with van der Waals surface area (Å²) in [7, 11) is 0. The van der Waals surface area contributed by atoms with Crippen molar-refractivity contribution in [2.24, 2.45) is 5.41 Å². The Labute approximate surface area is 192 Å². The summed E-state index contributed by atoms with van der Waals surface area (Å²) >= 11 is 0. The molecule has 5 rings (SSSR count). The van der Waals surface area contributed by atoms with Gasteiger partial charge in [-0.15, -0.1) is 0 Å². The second-order valence-corrected chi connectivity index (χ2v) is 9.78. The Balaban J connectivity index is 1.18. The summed E-state index contributed by atoms with van der Waals surface area (Å²) in [5, 5.41) is 14.9. The standard InChI is InChI=1S/C26H28N2O5/c1-16(22(29)28-26(23(30)31)14-25(15-26)11-6-12-25)27-24(32)33-13-21-19-9-4-2-7-17(19)18-8-3-5-10-20(18)21/h2-5,7-10,16,21H,6,11-15H2,1H3,(H,27,32)(H,28,29)(H,30,31). The van der Waals surface area contributed by atoms with Gasteiger partial charge < -0.3 is 20.5 Å². The predicted octanol–water partition coefficient (Wildman–Crippen LogP) is 3.82. The van der Waals surface area contributed by atoms with Gasteiger partial charge in [-0.2, -0.15) is 0 Å². The highest BCUT2D eigenvalue weighted by Crippen LogP contribution is 2.60. The van der Waals surface area contributed by atoms with E-state index in [9.17, 15) is 19.5 Å². The highest BCUT2D eigenvalue weighted by atomic mass is 16.5. The molecular weight excluding hydrogens is 420 g/mol. The van der Waals surface area contributed by atoms with Crippen LogP contribution in [0.15, 0.2) is 48.5 Å². The number of hydrogen-bond acceptors (Lipinski definition) is 4. The van der Waals surface area contributed by atoms with Crippen LogP contribution in [0.25, 0.3) is 11.1 Å². The normalized spacial score (nSPS) is 19.9. The van der Waals surface area contributed by atoms with E-state index < -0.39 is 29.6 Å². The van der Waals surface area contributed by atoms with Crippen molar-refractivity contribution in [3.8, 4) is 11.1 Å². The molecule has 1 atom stereocenters. The number of alkyl carbamates (subject to hydrolysis) is 1. The summed E-state index contributed by atoms with van der Waals surface area (Å²) in [6, 6.07) is 15.2. The van der Waals surface area contributed by atoms with Crippen LogP contribution < -0.4 is 10.6 Å². The van der Waals surface area contributed by atoms with E-state index in [1.165, 1.54) is 6.92 Å². The molecule has 33 heavy (non-hydrogen) atoms. The molecule has 2 amide bonds. The monoisotopic (exact) mass is 448 g/mol. The van der Waals surface area contributed by atoms with Crippen LogP contribution in [0.4, 0.5) is 4.79 Å². The molecule has 3 aliphatic carbocycles. The van der Waals surface area contributed by atoms with Gasteiger partial charge in [-0.25, -0.2) is 9.59 Å². The van der Waals surface area contributed by atoms with Crippen molar-refractivity contribution in [1.29, 1.82) is 0 Å². The number of amides is 2. The lowest BCUT2D eigenvalue weighted by Gasteiger charge is -2.59. The fraction of sp³-hybridized carbons (Fsp3) is 0.423. The molecule has 7 nitrogen and oxygen atoms in total. The number of carboxylic acid groups (broad SMARTS) is 1. The van der Waals surface area contributed by atoms with Crippen LogP contribution in [0.5, 0.6) is 0 Å². The summed E-state index contributed by atoms with van der Waals surface area (Å²) < 4.78 is 5.49. The van der Waals surface area contributed by atoms with E-state index in [0.29, 0.717) is 12.8 Å². The number of aliphatic carboxylic acids is 1. The molecule has 1 unspecified atom stereocenters. The van der Waals surface area contributed by atoms with Crippen LogP contribution in [-0.2, 0) is 14.3 Å². The van der Waals surface area contributed by atoms with Crippen molar-refractivity contribution < 1.29 is 24.2 Å². The fourth-order valence-corrected chi connectivity index (χ4v) is 5.78. The van der Waals surface area contributed by atoms with Crippen molar-refractivity contribution >= 4 is 18.0 Å². The van der Waals surface area contributed by atoms with Gasteiger partial charge in [-0.1, -0.05) is 55.0 Å². The van der Waals surface area contributed by atoms with Gasteiger partial charge in [-0.05, 0) is 60.3 Å². The summed E-state index contributed by atoms with van der Waals surface area (Å²) in [5.41, 5.74) is 3.34. The average Bonchev–Trinajstić information content (AvgIpc) is 3.06. The van der Waals surface area contributed by atoms with Gasteiger partial charge in [0.25, 0.3) is 0 Å². The maximum Gasteiger partial charge on any atom is 0.407 e. The van der Waals surface area contributed by atoms with E-state index in [0.717, 1.165) is 41.5 Å². The third-order valence-electron chi connectivity index (χ3n) is 7.61. The van der Waals surface area contributed by atoms with Gasteiger partial charge in [0.1, 0.15) is 18.2 Å². The van der Waals surface area contributed by atoms with E-state index in [4.69, 9.17) is 4.74 Å². The number of carbonyl (C=O) groups is 3. The summed E-state index contributed by atoms with van der Waals surface area (Å²) in [4.78, 5) is 36.9. The zero-order valence-corrected chi connectivity index (χ0v) is 18.6. The minimum absolute atomic E-state index is 0.0730. The number of hydrogen-bond donors (Lipinski definition) is 3. The Bertz CT molecular complexity index is 1070. The maximum atomic E-state index is 12.7. The molecule has 0 aliphatic heterocycles. The molecule has 172 valence electrons. The first-order valence-corrected chi connectivity index (χ1v) is 11.5. The first kappa shape index (κ1) is 21.5. The highest BCUT2D eigenvalue weighted by Gasteiger charge is 2.62. The quantitative estimate of drug-likeness (QED) is 0.623. The van der Waals surface area contributed by atoms with E-state index >= 15 is 0 Å². The van der Waals surface area contributed by atoms with Crippen LogP contribution in [0, 0.1) is 5.41 Å². The van der Waals surface area contributed by atoms with Crippen LogP contribution >= 0.6 is 0 Å². The van der Waals surface area contributed by atoms with E-state index in [1.54, 1.807) is 0 Å². The van der Waals surface area contributed by atoms with Gasteiger partial charge >= 0.3 is 12.1 Å². The van der Waals surface area contributed by atoms with Crippen molar-refractivity contribution in [3.63, 3.8) is 0 Å². The lowest BCUT2D eigenvalue weighted by molar-refractivity contribution is -0.165. The molecule has 0 heterocycles. The zero-order valence-electron chi connectivity index (χ0n) is 18.6. The van der Waals surface area contributed by atoms with Gasteiger partial charge in [0.2, 0.25) is 5.91 Å². The van der Waals surface area contributed by atoms with Crippen molar-refractivity contribution in [1.82, 2.24) is 10.6 Å². The van der Waals surface area contributed by atoms with Crippen LogP contribution in [-0.4, -0.2) is 41.3 Å². The second kappa shape index (κ2) is 7.90. The van der Waals surface area contributed by atoms with Gasteiger partial charge in [0.15, 0.2) is 0 Å². The number of ether oxygens (including phenoxy) is 1. The SMILES string of the molecule is CC(NC(=O)OCC1c2ccccc2-c2ccccc21)C(=O)NC1(C(=O)O)CC2(CCC2)C1. The van der Waals surface area contributed by atoms with Gasteiger partial charge in [0.05, 0.1) is 0 Å². The number of rotatable bonds is 6. The molecule has 1 spiro atoms. The number of benzene rings is 2. The number of carboxylic acids is 1. The molecule has 2 aromatic carbocycles. The zero-order chi connectivity index (χ0) is 23.2. The Morgan fingerprint density at radius 3 is 2.12 bits per heavy atom. The molecular formula is C26H28N2O5. The topological polar surface area (TPSA) is 105 Å². The number of carbonyl (C=O) groups excluding carboxylic acids is 2. The van der Waals surface area contributed by atoms with Crippen LogP contribution in [0.2, 0.25) is 0 Å². The number of fused-ring (bicyclic) bond motifs is 3. The van der Waals surface area contributed by atoms with E-state index in [1.807, 2.05) is 36.4 Å². The third kappa shape index (κ3) is 3.65. The highest BCUT2D eigenvalue weighted by molar-refractivity contribution is 5.92. The Morgan fingerprint density at radius 1 is 1.03 bits per heavy atom. The molecule has 0 bridgehead atoms. The number of nitrogens with one attached hydrogen (secondary N) is 2. The van der Waals surface area contributed by atoms with Crippen molar-refractivity contribution in [3.05, 3.63) is 59.7 Å². The Morgan fingerprint density at radius 2 is 1.61 bits per heavy atom. The Hall–Kier alpha value is -3.35. The average molecular weight is 449 g/mol. The predicted molar refractivity (Wildman–Crippen MR) is 122 cm³/mol.